The summed E-state index contributed by atoms with van der Waals surface area (Å²) in [4.78, 5) is 0. The predicted molar refractivity (Wildman–Crippen MR) is 117 cm³/mol. The van der Waals surface area contributed by atoms with Gasteiger partial charge in [0.25, 0.3) is 0 Å². The quantitative estimate of drug-likeness (QED) is 0.366. The van der Waals surface area contributed by atoms with Crippen molar-refractivity contribution in [1.29, 1.82) is 0 Å². The molecule has 0 spiro atoms. The maximum atomic E-state index is 7.30. The van der Waals surface area contributed by atoms with Crippen LogP contribution in [0.25, 0.3) is 0 Å². The van der Waals surface area contributed by atoms with Gasteiger partial charge >= 0.3 is 0 Å². The van der Waals surface area contributed by atoms with Crippen molar-refractivity contribution < 1.29 is 8.85 Å². The van der Waals surface area contributed by atoms with E-state index in [-0.39, 0.29) is 11.2 Å². The van der Waals surface area contributed by atoms with Crippen molar-refractivity contribution in [3.63, 3.8) is 0 Å². The average molecular weight is 397 g/mol. The van der Waals surface area contributed by atoms with Crippen LogP contribution >= 0.6 is 0 Å². The van der Waals surface area contributed by atoms with Gasteiger partial charge in [-0.15, -0.1) is 0 Å². The average Bonchev–Trinajstić information content (AvgIpc) is 2.63. The second-order valence-electron chi connectivity index (χ2n) is 10.0. The molecule has 0 aliphatic heterocycles. The zero-order chi connectivity index (χ0) is 19.1. The van der Waals surface area contributed by atoms with Crippen LogP contribution in [-0.4, -0.2) is 27.8 Å². The van der Waals surface area contributed by atoms with Crippen LogP contribution in [-0.2, 0) is 8.85 Å². The maximum Gasteiger partial charge on any atom is 0.192 e. The molecule has 4 aliphatic carbocycles. The van der Waals surface area contributed by atoms with Crippen molar-refractivity contribution in [3.05, 3.63) is 0 Å². The fraction of sp³-hybridized carbons (Fsp3) is 1.00. The summed E-state index contributed by atoms with van der Waals surface area (Å²) >= 11 is 0. The van der Waals surface area contributed by atoms with E-state index >= 15 is 0 Å². The second-order valence-corrected chi connectivity index (χ2v) is 19.4. The Kier molecular flexibility index (Phi) is 6.20. The van der Waals surface area contributed by atoms with Gasteiger partial charge in [0, 0.05) is 6.42 Å². The van der Waals surface area contributed by atoms with Gasteiger partial charge in [-0.2, -0.15) is 0 Å². The van der Waals surface area contributed by atoms with Crippen LogP contribution < -0.4 is 0 Å². The highest BCUT2D eigenvalue weighted by atomic mass is 28.4. The molecule has 26 heavy (non-hydrogen) atoms. The van der Waals surface area contributed by atoms with Gasteiger partial charge in [-0.25, -0.2) is 0 Å². The molecule has 0 heterocycles. The molecule has 0 aromatic rings. The van der Waals surface area contributed by atoms with Crippen LogP contribution in [0.3, 0.4) is 0 Å². The lowest BCUT2D eigenvalue weighted by Gasteiger charge is -2.64. The van der Waals surface area contributed by atoms with E-state index < -0.39 is 16.6 Å². The maximum absolute atomic E-state index is 7.30. The predicted octanol–water partition coefficient (Wildman–Crippen LogP) is 7.12. The van der Waals surface area contributed by atoms with E-state index in [0.717, 1.165) is 11.8 Å². The minimum atomic E-state index is -1.56. The standard InChI is InChI=1S/C22H44O2Si2/c1-7-25(8-2,9-3)23-21-14-19-13-20(15-21)17-22(16-19,18-21)24-26(10-4,11-5)12-6/h19-20H,7-18H2,1-6H3. The van der Waals surface area contributed by atoms with Crippen LogP contribution in [0.2, 0.25) is 36.3 Å². The molecule has 4 saturated carbocycles. The molecule has 0 aromatic heterocycles. The molecule has 152 valence electrons. The lowest BCUT2D eigenvalue weighted by molar-refractivity contribution is -0.185. The van der Waals surface area contributed by atoms with E-state index in [4.69, 9.17) is 8.85 Å². The zero-order valence-corrected chi connectivity index (χ0v) is 20.5. The summed E-state index contributed by atoms with van der Waals surface area (Å²) < 4.78 is 14.6. The van der Waals surface area contributed by atoms with Gasteiger partial charge in [0.1, 0.15) is 0 Å². The van der Waals surface area contributed by atoms with E-state index in [1.54, 1.807) is 0 Å². The number of hydrogen-bond donors (Lipinski definition) is 0. The molecule has 0 N–H and O–H groups in total. The third kappa shape index (κ3) is 3.65. The molecule has 4 fully saturated rings. The van der Waals surface area contributed by atoms with E-state index in [9.17, 15) is 0 Å². The van der Waals surface area contributed by atoms with Gasteiger partial charge in [0.05, 0.1) is 11.2 Å². The topological polar surface area (TPSA) is 18.5 Å². The minimum Gasteiger partial charge on any atom is -0.411 e. The first kappa shape index (κ1) is 21.1. The molecule has 4 aliphatic rings. The van der Waals surface area contributed by atoms with Gasteiger partial charge < -0.3 is 8.85 Å². The Morgan fingerprint density at radius 1 is 0.615 bits per heavy atom. The van der Waals surface area contributed by atoms with Gasteiger partial charge in [-0.05, 0) is 80.2 Å². The Bertz CT molecular complexity index is 414. The van der Waals surface area contributed by atoms with Crippen LogP contribution in [0.1, 0.15) is 80.1 Å². The smallest absolute Gasteiger partial charge is 0.192 e. The van der Waals surface area contributed by atoms with Crippen molar-refractivity contribution in [2.75, 3.05) is 0 Å². The van der Waals surface area contributed by atoms with Crippen LogP contribution in [0.5, 0.6) is 0 Å². The van der Waals surface area contributed by atoms with E-state index in [1.807, 2.05) is 0 Å². The molecule has 4 rings (SSSR count). The summed E-state index contributed by atoms with van der Waals surface area (Å²) in [5.74, 6) is 1.73. The summed E-state index contributed by atoms with van der Waals surface area (Å²) in [6, 6.07) is 7.68. The van der Waals surface area contributed by atoms with Crippen molar-refractivity contribution in [3.8, 4) is 0 Å². The van der Waals surface area contributed by atoms with Gasteiger partial charge in [0.2, 0.25) is 0 Å². The van der Waals surface area contributed by atoms with Crippen LogP contribution in [0.15, 0.2) is 0 Å². The summed E-state index contributed by atoms with van der Waals surface area (Å²) in [6.45, 7) is 14.3. The highest BCUT2D eigenvalue weighted by Gasteiger charge is 2.61. The van der Waals surface area contributed by atoms with Crippen LogP contribution in [0, 0.1) is 11.8 Å². The molecule has 0 aromatic carbocycles. The van der Waals surface area contributed by atoms with Gasteiger partial charge in [0.15, 0.2) is 16.6 Å². The molecular weight excluding hydrogens is 352 g/mol. The normalized spacial score (nSPS) is 36.7. The minimum absolute atomic E-state index is 0.174. The van der Waals surface area contributed by atoms with Crippen molar-refractivity contribution in [2.24, 2.45) is 11.8 Å². The largest absolute Gasteiger partial charge is 0.411 e. The first-order valence-electron chi connectivity index (χ1n) is 11.8. The Labute approximate surface area is 165 Å². The molecule has 4 bridgehead atoms. The first-order valence-corrected chi connectivity index (χ1v) is 16.8. The summed E-state index contributed by atoms with van der Waals surface area (Å²) in [7, 11) is -3.13. The Balaban J connectivity index is 1.87. The molecule has 0 unspecified atom stereocenters. The monoisotopic (exact) mass is 396 g/mol. The van der Waals surface area contributed by atoms with E-state index in [1.165, 1.54) is 74.8 Å². The molecule has 0 radical (unpaired) electrons. The van der Waals surface area contributed by atoms with E-state index in [0.29, 0.717) is 0 Å². The Hall–Kier alpha value is 0.354. The third-order valence-electron chi connectivity index (χ3n) is 8.69. The summed E-state index contributed by atoms with van der Waals surface area (Å²) in [6.07, 6.45) is 8.01. The molecule has 0 saturated heterocycles. The van der Waals surface area contributed by atoms with Crippen molar-refractivity contribution in [1.82, 2.24) is 0 Å². The SMILES string of the molecule is CC[Si](CC)(CC)OC12CC3CC(C1)CC(O[Si](CC)(CC)CC)(C3)C2. The molecule has 2 nitrogen and oxygen atoms in total. The van der Waals surface area contributed by atoms with Crippen LogP contribution in [0.4, 0.5) is 0 Å². The summed E-state index contributed by atoms with van der Waals surface area (Å²) in [5, 5.41) is 0. The highest BCUT2D eigenvalue weighted by Crippen LogP contribution is 2.62. The Morgan fingerprint density at radius 3 is 1.19 bits per heavy atom. The lowest BCUT2D eigenvalue weighted by Crippen LogP contribution is -2.65. The fourth-order valence-corrected chi connectivity index (χ4v) is 13.4. The van der Waals surface area contributed by atoms with Crippen molar-refractivity contribution in [2.45, 2.75) is 128 Å². The van der Waals surface area contributed by atoms with E-state index in [2.05, 4.69) is 41.5 Å². The third-order valence-corrected chi connectivity index (χ3v) is 18.1. The molecule has 0 amide bonds. The van der Waals surface area contributed by atoms with Gasteiger partial charge in [-0.1, -0.05) is 41.5 Å². The molecule has 4 heteroatoms. The number of hydrogen-bond acceptors (Lipinski definition) is 2. The number of rotatable bonds is 10. The second kappa shape index (κ2) is 7.64. The Morgan fingerprint density at radius 2 is 0.923 bits per heavy atom. The molecule has 0 atom stereocenters. The first-order chi connectivity index (χ1) is 12.3. The molecular formula is C22H44O2Si2. The van der Waals surface area contributed by atoms with Crippen molar-refractivity contribution >= 4 is 16.6 Å². The van der Waals surface area contributed by atoms with Gasteiger partial charge in [-0.3, -0.25) is 0 Å². The fourth-order valence-electron chi connectivity index (χ4n) is 7.19. The summed E-state index contributed by atoms with van der Waals surface area (Å²) in [5.41, 5.74) is 0.349. The lowest BCUT2D eigenvalue weighted by atomic mass is 9.52. The highest BCUT2D eigenvalue weighted by molar-refractivity contribution is 6.74. The zero-order valence-electron chi connectivity index (χ0n) is 18.5.